The van der Waals surface area contributed by atoms with E-state index in [4.69, 9.17) is 16.3 Å². The van der Waals surface area contributed by atoms with Crippen LogP contribution in [0.25, 0.3) is 0 Å². The number of ether oxygens (including phenoxy) is 1. The zero-order valence-corrected chi connectivity index (χ0v) is 19.2. The Balaban J connectivity index is 1.50. The summed E-state index contributed by atoms with van der Waals surface area (Å²) in [5.41, 5.74) is 2.12. The van der Waals surface area contributed by atoms with Crippen molar-refractivity contribution in [2.45, 2.75) is 5.60 Å². The quantitative estimate of drug-likeness (QED) is 0.168. The van der Waals surface area contributed by atoms with Crippen molar-refractivity contribution in [3.8, 4) is 5.75 Å². The van der Waals surface area contributed by atoms with E-state index in [1.54, 1.807) is 109 Å². The Morgan fingerprint density at radius 1 is 0.829 bits per heavy atom. The fourth-order valence-corrected chi connectivity index (χ4v) is 3.69. The van der Waals surface area contributed by atoms with Crippen LogP contribution in [0.1, 0.15) is 27.0 Å². The van der Waals surface area contributed by atoms with Gasteiger partial charge in [-0.05, 0) is 41.0 Å². The number of hydrogen-bond donors (Lipinski definition) is 2. The average Bonchev–Trinajstić information content (AvgIpc) is 2.89. The molecule has 4 aromatic rings. The van der Waals surface area contributed by atoms with Gasteiger partial charge in [0.05, 0.1) is 16.8 Å². The highest BCUT2D eigenvalue weighted by Crippen LogP contribution is 2.29. The summed E-state index contributed by atoms with van der Waals surface area (Å²) in [4.78, 5) is 25.5. The lowest BCUT2D eigenvalue weighted by Gasteiger charge is -2.27. The number of benzene rings is 4. The SMILES string of the molecule is O=C(Oc1cccc(/C=N\NC(=O)C(O)(c2ccccc2)c2ccccc2)c1)c1ccccc1Cl. The number of halogens is 1. The molecular weight excluding hydrogens is 464 g/mol. The predicted molar refractivity (Wildman–Crippen MR) is 134 cm³/mol. The lowest BCUT2D eigenvalue weighted by molar-refractivity contribution is -0.136. The third kappa shape index (κ3) is 5.46. The van der Waals surface area contributed by atoms with Gasteiger partial charge in [-0.3, -0.25) is 4.79 Å². The van der Waals surface area contributed by atoms with Gasteiger partial charge < -0.3 is 9.84 Å². The molecule has 35 heavy (non-hydrogen) atoms. The van der Waals surface area contributed by atoms with E-state index in [-0.39, 0.29) is 11.3 Å². The normalized spacial score (nSPS) is 11.3. The van der Waals surface area contributed by atoms with Crippen LogP contribution in [0.2, 0.25) is 5.02 Å². The number of amides is 1. The van der Waals surface area contributed by atoms with Crippen LogP contribution in [0.5, 0.6) is 5.75 Å². The van der Waals surface area contributed by atoms with E-state index >= 15 is 0 Å². The summed E-state index contributed by atoms with van der Waals surface area (Å²) in [5.74, 6) is -1.02. The van der Waals surface area contributed by atoms with Crippen molar-refractivity contribution in [2.75, 3.05) is 0 Å². The molecule has 0 unspecified atom stereocenters. The highest BCUT2D eigenvalue weighted by atomic mass is 35.5. The molecule has 4 rings (SSSR count). The molecule has 0 aromatic heterocycles. The van der Waals surface area contributed by atoms with Gasteiger partial charge in [-0.25, -0.2) is 10.2 Å². The Hall–Kier alpha value is -4.26. The minimum Gasteiger partial charge on any atom is -0.423 e. The van der Waals surface area contributed by atoms with Crippen LogP contribution < -0.4 is 10.2 Å². The van der Waals surface area contributed by atoms with Crippen LogP contribution in [-0.2, 0) is 10.4 Å². The minimum absolute atomic E-state index is 0.251. The van der Waals surface area contributed by atoms with Crippen LogP contribution in [-0.4, -0.2) is 23.2 Å². The van der Waals surface area contributed by atoms with E-state index in [9.17, 15) is 14.7 Å². The number of rotatable bonds is 7. The molecule has 4 aromatic carbocycles. The van der Waals surface area contributed by atoms with E-state index in [0.717, 1.165) is 0 Å². The molecule has 6 nitrogen and oxygen atoms in total. The van der Waals surface area contributed by atoms with Gasteiger partial charge in [0.15, 0.2) is 5.60 Å². The number of carbonyl (C=O) groups is 2. The van der Waals surface area contributed by atoms with Crippen molar-refractivity contribution in [1.82, 2.24) is 5.43 Å². The molecule has 0 bridgehead atoms. The van der Waals surface area contributed by atoms with Crippen LogP contribution in [0, 0.1) is 0 Å². The topological polar surface area (TPSA) is 88.0 Å². The molecule has 0 spiro atoms. The summed E-state index contributed by atoms with van der Waals surface area (Å²) >= 11 is 6.06. The molecule has 174 valence electrons. The Bertz CT molecular complexity index is 1320. The van der Waals surface area contributed by atoms with Crippen LogP contribution in [0.4, 0.5) is 0 Å². The maximum absolute atomic E-state index is 13.1. The van der Waals surface area contributed by atoms with E-state index < -0.39 is 17.5 Å². The Morgan fingerprint density at radius 2 is 1.43 bits per heavy atom. The lowest BCUT2D eigenvalue weighted by atomic mass is 9.85. The monoisotopic (exact) mass is 484 g/mol. The van der Waals surface area contributed by atoms with Crippen molar-refractivity contribution in [3.63, 3.8) is 0 Å². The highest BCUT2D eigenvalue weighted by Gasteiger charge is 2.39. The van der Waals surface area contributed by atoms with Gasteiger partial charge in [0, 0.05) is 0 Å². The van der Waals surface area contributed by atoms with Crippen LogP contribution in [0.3, 0.4) is 0 Å². The molecule has 7 heteroatoms. The minimum atomic E-state index is -1.94. The Morgan fingerprint density at radius 3 is 2.06 bits per heavy atom. The first-order chi connectivity index (χ1) is 17.0. The molecule has 0 aliphatic carbocycles. The lowest BCUT2D eigenvalue weighted by Crippen LogP contribution is -2.43. The summed E-state index contributed by atoms with van der Waals surface area (Å²) in [6, 6.07) is 30.5. The number of nitrogens with zero attached hydrogens (tertiary/aromatic N) is 1. The van der Waals surface area contributed by atoms with E-state index in [2.05, 4.69) is 10.5 Å². The summed E-state index contributed by atoms with van der Waals surface area (Å²) in [6.07, 6.45) is 1.39. The van der Waals surface area contributed by atoms with E-state index in [0.29, 0.717) is 21.7 Å². The second kappa shape index (κ2) is 10.8. The molecule has 0 aliphatic heterocycles. The summed E-state index contributed by atoms with van der Waals surface area (Å²) < 4.78 is 5.41. The molecule has 0 aliphatic rings. The fourth-order valence-electron chi connectivity index (χ4n) is 3.48. The Kier molecular flexibility index (Phi) is 7.35. The molecule has 2 N–H and O–H groups in total. The first-order valence-corrected chi connectivity index (χ1v) is 11.1. The van der Waals surface area contributed by atoms with Gasteiger partial charge in [-0.1, -0.05) is 96.5 Å². The Labute approximate surface area is 207 Å². The van der Waals surface area contributed by atoms with Crippen molar-refractivity contribution >= 4 is 29.7 Å². The van der Waals surface area contributed by atoms with Gasteiger partial charge in [0.1, 0.15) is 5.75 Å². The number of hydrazone groups is 1. The second-order valence-corrected chi connectivity index (χ2v) is 7.99. The molecule has 0 saturated carbocycles. The first-order valence-electron chi connectivity index (χ1n) is 10.7. The third-order valence-electron chi connectivity index (χ3n) is 5.25. The molecule has 0 atom stereocenters. The maximum Gasteiger partial charge on any atom is 0.345 e. The smallest absolute Gasteiger partial charge is 0.345 e. The summed E-state index contributed by atoms with van der Waals surface area (Å²) in [6.45, 7) is 0. The molecule has 0 saturated heterocycles. The zero-order valence-electron chi connectivity index (χ0n) is 18.5. The van der Waals surface area contributed by atoms with Crippen molar-refractivity contribution in [1.29, 1.82) is 0 Å². The van der Waals surface area contributed by atoms with E-state index in [1.807, 2.05) is 0 Å². The standard InChI is InChI=1S/C28H21ClN2O4/c29-25-17-8-7-16-24(25)26(32)35-23-15-9-10-20(18-23)19-30-31-27(33)28(34,21-11-3-1-4-12-21)22-13-5-2-6-14-22/h1-19,34H,(H,31,33)/b30-19-. The van der Waals surface area contributed by atoms with Crippen molar-refractivity contribution < 1.29 is 19.4 Å². The predicted octanol–water partition coefficient (Wildman–Crippen LogP) is 4.95. The van der Waals surface area contributed by atoms with Crippen molar-refractivity contribution in [3.05, 3.63) is 136 Å². The number of esters is 1. The van der Waals surface area contributed by atoms with Gasteiger partial charge in [0.25, 0.3) is 5.91 Å². The molecule has 0 fully saturated rings. The van der Waals surface area contributed by atoms with Crippen molar-refractivity contribution in [2.24, 2.45) is 5.10 Å². The van der Waals surface area contributed by atoms with Crippen LogP contribution in [0.15, 0.2) is 114 Å². The summed E-state index contributed by atoms with van der Waals surface area (Å²) in [5, 5.41) is 15.7. The third-order valence-corrected chi connectivity index (χ3v) is 5.58. The van der Waals surface area contributed by atoms with E-state index in [1.165, 1.54) is 6.21 Å². The van der Waals surface area contributed by atoms with Gasteiger partial charge in [-0.2, -0.15) is 5.10 Å². The largest absolute Gasteiger partial charge is 0.423 e. The average molecular weight is 485 g/mol. The number of aliphatic hydroxyl groups is 1. The van der Waals surface area contributed by atoms with Crippen LogP contribution >= 0.6 is 11.6 Å². The van der Waals surface area contributed by atoms with Gasteiger partial charge in [0.2, 0.25) is 0 Å². The number of carbonyl (C=O) groups excluding carboxylic acids is 2. The first kappa shape index (κ1) is 23.9. The van der Waals surface area contributed by atoms with Gasteiger partial charge >= 0.3 is 5.97 Å². The molecule has 0 heterocycles. The maximum atomic E-state index is 13.1. The molecule has 0 radical (unpaired) electrons. The zero-order chi connectivity index (χ0) is 24.7. The molecular formula is C28H21ClN2O4. The second-order valence-electron chi connectivity index (χ2n) is 7.58. The fraction of sp³-hybridized carbons (Fsp3) is 0.0357. The number of hydrogen-bond acceptors (Lipinski definition) is 5. The molecule has 1 amide bonds. The number of nitrogens with one attached hydrogen (secondary N) is 1. The summed E-state index contributed by atoms with van der Waals surface area (Å²) in [7, 11) is 0. The highest BCUT2D eigenvalue weighted by molar-refractivity contribution is 6.33. The van der Waals surface area contributed by atoms with Gasteiger partial charge in [-0.15, -0.1) is 0 Å².